The van der Waals surface area contributed by atoms with Crippen molar-refractivity contribution in [3.63, 3.8) is 0 Å². The van der Waals surface area contributed by atoms with Crippen LogP contribution in [0.1, 0.15) is 0 Å². The van der Waals surface area contributed by atoms with E-state index < -0.39 is 0 Å². The van der Waals surface area contributed by atoms with Crippen LogP contribution in [-0.2, 0) is 0 Å². The first-order valence-corrected chi connectivity index (χ1v) is 5.38. The molecule has 0 fully saturated rings. The van der Waals surface area contributed by atoms with Crippen LogP contribution in [0.25, 0.3) is 11.3 Å². The van der Waals surface area contributed by atoms with E-state index in [1.807, 2.05) is 18.2 Å². The zero-order chi connectivity index (χ0) is 11.5. The van der Waals surface area contributed by atoms with E-state index in [-0.39, 0.29) is 0 Å². The molecular weight excluding hydrogens is 244 g/mol. The Bertz CT molecular complexity index is 568. The van der Waals surface area contributed by atoms with Gasteiger partial charge in [-0.25, -0.2) is 4.98 Å². The number of rotatable bonds is 2. The minimum atomic E-state index is 0.435. The van der Waals surface area contributed by atoms with Gasteiger partial charge in [-0.15, -0.1) is 0 Å². The molecule has 0 atom stereocenters. The van der Waals surface area contributed by atoms with Crippen LogP contribution in [0.4, 0.5) is 0 Å². The lowest BCUT2D eigenvalue weighted by atomic mass is 10.1. The van der Waals surface area contributed by atoms with E-state index >= 15 is 0 Å². The van der Waals surface area contributed by atoms with Gasteiger partial charge in [0.05, 0.1) is 17.8 Å². The van der Waals surface area contributed by atoms with Crippen LogP contribution in [0.15, 0.2) is 30.5 Å². The highest BCUT2D eigenvalue weighted by atomic mass is 35.5. The summed E-state index contributed by atoms with van der Waals surface area (Å²) in [5.41, 5.74) is 1.71. The SMILES string of the molecule is COc1ccc(-c2ccnc(=S)[nH]2)c(Cl)c1. The minimum absolute atomic E-state index is 0.435. The third kappa shape index (κ3) is 2.23. The molecule has 0 aliphatic rings. The first-order valence-electron chi connectivity index (χ1n) is 4.60. The summed E-state index contributed by atoms with van der Waals surface area (Å²) in [6, 6.07) is 7.30. The maximum atomic E-state index is 6.14. The van der Waals surface area contributed by atoms with Gasteiger partial charge in [0.2, 0.25) is 0 Å². The van der Waals surface area contributed by atoms with Crippen molar-refractivity contribution < 1.29 is 4.74 Å². The van der Waals surface area contributed by atoms with Crippen LogP contribution in [0, 0.1) is 4.77 Å². The number of hydrogen-bond donors (Lipinski definition) is 1. The maximum absolute atomic E-state index is 6.14. The number of hydrogen-bond acceptors (Lipinski definition) is 3. The van der Waals surface area contributed by atoms with Crippen LogP contribution in [0.5, 0.6) is 5.75 Å². The quantitative estimate of drug-likeness (QED) is 0.832. The molecule has 0 saturated heterocycles. The Labute approximate surface area is 103 Å². The largest absolute Gasteiger partial charge is 0.497 e. The Morgan fingerprint density at radius 2 is 2.19 bits per heavy atom. The zero-order valence-electron chi connectivity index (χ0n) is 8.53. The average molecular weight is 253 g/mol. The minimum Gasteiger partial charge on any atom is -0.497 e. The highest BCUT2D eigenvalue weighted by Gasteiger charge is 2.05. The number of benzene rings is 1. The Morgan fingerprint density at radius 3 is 2.81 bits per heavy atom. The molecule has 0 radical (unpaired) electrons. The Balaban J connectivity index is 2.52. The lowest BCUT2D eigenvalue weighted by Gasteiger charge is -2.06. The van der Waals surface area contributed by atoms with Crippen molar-refractivity contribution in [3.8, 4) is 17.0 Å². The van der Waals surface area contributed by atoms with Gasteiger partial charge >= 0.3 is 0 Å². The number of ether oxygens (including phenoxy) is 1. The van der Waals surface area contributed by atoms with Crippen LogP contribution in [0.3, 0.4) is 0 Å². The summed E-state index contributed by atoms with van der Waals surface area (Å²) in [5.74, 6) is 0.724. The van der Waals surface area contributed by atoms with Crippen molar-refractivity contribution in [2.75, 3.05) is 7.11 Å². The Kier molecular flexibility index (Phi) is 3.22. The van der Waals surface area contributed by atoms with Gasteiger partial charge in [0.25, 0.3) is 0 Å². The molecule has 1 aromatic carbocycles. The van der Waals surface area contributed by atoms with E-state index in [9.17, 15) is 0 Å². The van der Waals surface area contributed by atoms with Crippen LogP contribution < -0.4 is 4.74 Å². The van der Waals surface area contributed by atoms with Gasteiger partial charge in [0, 0.05) is 11.8 Å². The Morgan fingerprint density at radius 1 is 1.38 bits per heavy atom. The molecule has 0 aliphatic carbocycles. The monoisotopic (exact) mass is 252 g/mol. The second-order valence-corrected chi connectivity index (χ2v) is 3.93. The molecule has 0 bridgehead atoms. The van der Waals surface area contributed by atoms with Gasteiger partial charge in [0.15, 0.2) is 4.77 Å². The molecule has 1 N–H and O–H groups in total. The van der Waals surface area contributed by atoms with E-state index in [0.29, 0.717) is 9.79 Å². The van der Waals surface area contributed by atoms with Crippen molar-refractivity contribution in [1.82, 2.24) is 9.97 Å². The summed E-state index contributed by atoms with van der Waals surface area (Å²) in [6.45, 7) is 0. The molecule has 0 aliphatic heterocycles. The standard InChI is InChI=1S/C11H9ClN2OS/c1-15-7-2-3-8(9(12)6-7)10-4-5-13-11(16)14-10/h2-6H,1H3,(H,13,14,16). The zero-order valence-corrected chi connectivity index (χ0v) is 10.1. The molecule has 1 heterocycles. The van der Waals surface area contributed by atoms with Gasteiger partial charge in [-0.2, -0.15) is 0 Å². The topological polar surface area (TPSA) is 37.9 Å². The molecular formula is C11H9ClN2OS. The van der Waals surface area contributed by atoms with Gasteiger partial charge in [-0.1, -0.05) is 11.6 Å². The third-order valence-electron chi connectivity index (χ3n) is 2.14. The number of halogens is 1. The van der Waals surface area contributed by atoms with Crippen molar-refractivity contribution >= 4 is 23.8 Å². The summed E-state index contributed by atoms with van der Waals surface area (Å²) >= 11 is 11.1. The van der Waals surface area contributed by atoms with Crippen LogP contribution >= 0.6 is 23.8 Å². The molecule has 0 amide bonds. The molecule has 1 aromatic heterocycles. The summed E-state index contributed by atoms with van der Waals surface area (Å²) < 4.78 is 5.52. The number of aromatic amines is 1. The lowest BCUT2D eigenvalue weighted by molar-refractivity contribution is 0.415. The summed E-state index contributed by atoms with van der Waals surface area (Å²) in [4.78, 5) is 6.90. The van der Waals surface area contributed by atoms with E-state index in [1.54, 1.807) is 19.4 Å². The third-order valence-corrected chi connectivity index (χ3v) is 2.66. The van der Waals surface area contributed by atoms with Crippen molar-refractivity contribution in [2.24, 2.45) is 0 Å². The number of methoxy groups -OCH3 is 1. The van der Waals surface area contributed by atoms with Crippen molar-refractivity contribution in [1.29, 1.82) is 0 Å². The highest BCUT2D eigenvalue weighted by Crippen LogP contribution is 2.29. The van der Waals surface area contributed by atoms with Gasteiger partial charge in [-0.05, 0) is 36.5 Å². The predicted molar refractivity (Wildman–Crippen MR) is 66.4 cm³/mol. The first kappa shape index (κ1) is 11.1. The second-order valence-electron chi connectivity index (χ2n) is 3.13. The molecule has 0 saturated carbocycles. The molecule has 16 heavy (non-hydrogen) atoms. The number of aromatic nitrogens is 2. The number of H-pyrrole nitrogens is 1. The summed E-state index contributed by atoms with van der Waals surface area (Å²) in [5, 5.41) is 0.608. The second kappa shape index (κ2) is 4.63. The molecule has 3 nitrogen and oxygen atoms in total. The Hall–Kier alpha value is -1.39. The van der Waals surface area contributed by atoms with E-state index in [2.05, 4.69) is 9.97 Å². The van der Waals surface area contributed by atoms with Crippen LogP contribution in [0.2, 0.25) is 5.02 Å². The highest BCUT2D eigenvalue weighted by molar-refractivity contribution is 7.71. The number of nitrogens with zero attached hydrogens (tertiary/aromatic N) is 1. The number of nitrogens with one attached hydrogen (secondary N) is 1. The molecule has 2 aromatic rings. The molecule has 0 spiro atoms. The van der Waals surface area contributed by atoms with Crippen molar-refractivity contribution in [3.05, 3.63) is 40.3 Å². The molecule has 0 unspecified atom stereocenters. The van der Waals surface area contributed by atoms with Gasteiger partial charge in [-0.3, -0.25) is 0 Å². The van der Waals surface area contributed by atoms with E-state index in [0.717, 1.165) is 17.0 Å². The van der Waals surface area contributed by atoms with E-state index in [4.69, 9.17) is 28.6 Å². The lowest BCUT2D eigenvalue weighted by Crippen LogP contribution is -1.88. The van der Waals surface area contributed by atoms with Gasteiger partial charge in [0.1, 0.15) is 5.75 Å². The first-order chi connectivity index (χ1) is 7.70. The van der Waals surface area contributed by atoms with Crippen molar-refractivity contribution in [2.45, 2.75) is 0 Å². The average Bonchev–Trinajstić information content (AvgIpc) is 2.28. The fourth-order valence-corrected chi connectivity index (χ4v) is 1.81. The van der Waals surface area contributed by atoms with Crippen LogP contribution in [-0.4, -0.2) is 17.1 Å². The van der Waals surface area contributed by atoms with Gasteiger partial charge < -0.3 is 9.72 Å². The summed E-state index contributed by atoms with van der Waals surface area (Å²) in [6.07, 6.45) is 1.65. The smallest absolute Gasteiger partial charge is 0.197 e. The molecule has 82 valence electrons. The molecule has 5 heteroatoms. The normalized spacial score (nSPS) is 10.1. The fourth-order valence-electron chi connectivity index (χ4n) is 1.37. The summed E-state index contributed by atoms with van der Waals surface area (Å²) in [7, 11) is 1.60. The molecule has 2 rings (SSSR count). The fraction of sp³-hybridized carbons (Fsp3) is 0.0909. The predicted octanol–water partition coefficient (Wildman–Crippen LogP) is 3.47. The van der Waals surface area contributed by atoms with E-state index in [1.165, 1.54) is 0 Å². The maximum Gasteiger partial charge on any atom is 0.197 e.